The van der Waals surface area contributed by atoms with Crippen molar-refractivity contribution in [2.45, 2.75) is 65.2 Å². The number of hydrogen-bond acceptors (Lipinski definition) is 4. The molecular weight excluding hydrogens is 410 g/mol. The zero-order valence-electron chi connectivity index (χ0n) is 20.0. The molecule has 0 N–H and O–H groups in total. The Hall–Kier alpha value is -2.95. The van der Waals surface area contributed by atoms with E-state index in [0.29, 0.717) is 11.1 Å². The maximum Gasteiger partial charge on any atom is 0.255 e. The molecule has 5 heteroatoms. The predicted octanol–water partition coefficient (Wildman–Crippen LogP) is 5.89. The second-order valence-electron chi connectivity index (χ2n) is 9.19. The summed E-state index contributed by atoms with van der Waals surface area (Å²) in [6.45, 7) is 10.7. The number of amides is 1. The molecule has 0 spiro atoms. The van der Waals surface area contributed by atoms with Crippen molar-refractivity contribution in [1.82, 2.24) is 9.88 Å². The van der Waals surface area contributed by atoms with E-state index in [-0.39, 0.29) is 11.7 Å². The van der Waals surface area contributed by atoms with Gasteiger partial charge in [0.15, 0.2) is 5.78 Å². The first-order chi connectivity index (χ1) is 16.0. The van der Waals surface area contributed by atoms with E-state index < -0.39 is 0 Å². The fraction of sp³-hybridized carbons (Fsp3) is 0.464. The van der Waals surface area contributed by atoms with Gasteiger partial charge in [-0.25, -0.2) is 4.98 Å². The highest BCUT2D eigenvalue weighted by Gasteiger charge is 2.25. The molecule has 2 aliphatic rings. The van der Waals surface area contributed by atoms with Gasteiger partial charge in [-0.3, -0.25) is 9.59 Å². The van der Waals surface area contributed by atoms with E-state index in [0.717, 1.165) is 92.8 Å². The Morgan fingerprint density at radius 3 is 2.55 bits per heavy atom. The second kappa shape index (κ2) is 10.3. The molecule has 2 aliphatic heterocycles. The number of hydrogen-bond donors (Lipinski definition) is 0. The normalized spacial score (nSPS) is 15.8. The summed E-state index contributed by atoms with van der Waals surface area (Å²) in [5.74, 6) is 1.08. The molecule has 0 bridgehead atoms. The van der Waals surface area contributed by atoms with Crippen LogP contribution in [0.15, 0.2) is 42.6 Å². The largest absolute Gasteiger partial charge is 0.339 e. The van der Waals surface area contributed by atoms with Gasteiger partial charge in [-0.1, -0.05) is 26.8 Å². The molecule has 3 heterocycles. The summed E-state index contributed by atoms with van der Waals surface area (Å²) >= 11 is 0. The third kappa shape index (κ3) is 4.87. The number of anilines is 2. The molecule has 0 saturated carbocycles. The van der Waals surface area contributed by atoms with Gasteiger partial charge < -0.3 is 9.80 Å². The van der Waals surface area contributed by atoms with Crippen molar-refractivity contribution >= 4 is 23.2 Å². The van der Waals surface area contributed by atoms with Crippen molar-refractivity contribution in [2.24, 2.45) is 0 Å². The van der Waals surface area contributed by atoms with Crippen LogP contribution in [0.2, 0.25) is 0 Å². The van der Waals surface area contributed by atoms with E-state index in [9.17, 15) is 9.59 Å². The Morgan fingerprint density at radius 2 is 1.82 bits per heavy atom. The number of fused-ring (bicyclic) bond motifs is 1. The molecule has 0 aliphatic carbocycles. The van der Waals surface area contributed by atoms with E-state index >= 15 is 0 Å². The molecule has 1 aromatic carbocycles. The average Bonchev–Trinajstić information content (AvgIpc) is 2.87. The fourth-order valence-electron chi connectivity index (χ4n) is 4.98. The molecule has 0 unspecified atom stereocenters. The average molecular weight is 446 g/mol. The van der Waals surface area contributed by atoms with E-state index in [1.807, 2.05) is 23.1 Å². The van der Waals surface area contributed by atoms with Crippen LogP contribution in [0.1, 0.15) is 84.2 Å². The summed E-state index contributed by atoms with van der Waals surface area (Å²) < 4.78 is 0. The van der Waals surface area contributed by atoms with Crippen LogP contribution in [0.5, 0.6) is 0 Å². The Morgan fingerprint density at radius 1 is 1.03 bits per heavy atom. The van der Waals surface area contributed by atoms with Gasteiger partial charge in [0.1, 0.15) is 5.82 Å². The smallest absolute Gasteiger partial charge is 0.255 e. The number of allylic oxidation sites excluding steroid dienone is 1. The molecule has 1 aromatic heterocycles. The number of nitrogens with zero attached hydrogens (tertiary/aromatic N) is 3. The van der Waals surface area contributed by atoms with Crippen molar-refractivity contribution in [2.75, 3.05) is 24.5 Å². The highest BCUT2D eigenvalue weighted by atomic mass is 16.2. The number of likely N-dealkylation sites (tertiary alicyclic amines) is 1. The van der Waals surface area contributed by atoms with E-state index in [2.05, 4.69) is 31.4 Å². The Bertz CT molecular complexity index is 1050. The van der Waals surface area contributed by atoms with Crippen molar-refractivity contribution in [3.05, 3.63) is 64.9 Å². The summed E-state index contributed by atoms with van der Waals surface area (Å²) in [4.78, 5) is 34.8. The lowest BCUT2D eigenvalue weighted by Gasteiger charge is -2.31. The minimum absolute atomic E-state index is 0.0540. The quantitative estimate of drug-likeness (QED) is 0.394. The van der Waals surface area contributed by atoms with Gasteiger partial charge in [0.2, 0.25) is 0 Å². The molecule has 5 nitrogen and oxygen atoms in total. The summed E-state index contributed by atoms with van der Waals surface area (Å²) in [6, 6.07) is 8.13. The van der Waals surface area contributed by atoms with Crippen molar-refractivity contribution in [3.8, 4) is 0 Å². The monoisotopic (exact) mass is 445 g/mol. The lowest BCUT2D eigenvalue weighted by Crippen LogP contribution is -2.36. The Labute approximate surface area is 197 Å². The number of ketones is 1. The van der Waals surface area contributed by atoms with E-state index in [4.69, 9.17) is 4.98 Å². The molecule has 2 aromatic rings. The van der Waals surface area contributed by atoms with E-state index in [1.165, 1.54) is 6.42 Å². The van der Waals surface area contributed by atoms with Gasteiger partial charge in [0, 0.05) is 37.1 Å². The maximum atomic E-state index is 13.0. The van der Waals surface area contributed by atoms with Gasteiger partial charge in [-0.05, 0) is 85.9 Å². The van der Waals surface area contributed by atoms with Crippen LogP contribution >= 0.6 is 0 Å². The predicted molar refractivity (Wildman–Crippen MR) is 134 cm³/mol. The molecule has 1 amide bonds. The number of pyridine rings is 1. The van der Waals surface area contributed by atoms with Crippen molar-refractivity contribution < 1.29 is 9.59 Å². The standard InChI is InChI=1S/C28H35N3O2/c1-4-10-20(3)26(32)25-13-12-24(18-21(25)5-2)31-16-9-11-22-17-23(19-29-27(22)31)28(33)30-14-7-6-8-15-30/h12-13,17-19H,3-11,14-16H2,1-2H3. The van der Waals surface area contributed by atoms with E-state index in [1.54, 1.807) is 6.20 Å². The van der Waals surface area contributed by atoms with Crippen molar-refractivity contribution in [3.63, 3.8) is 0 Å². The molecule has 0 radical (unpaired) electrons. The Kier molecular flexibility index (Phi) is 7.26. The number of piperidine rings is 1. The number of Topliss-reactive ketones (excluding diaryl/α,β-unsaturated/α-hetero) is 1. The third-order valence-electron chi connectivity index (χ3n) is 6.82. The first kappa shape index (κ1) is 23.2. The third-order valence-corrected chi connectivity index (χ3v) is 6.82. The number of benzene rings is 1. The summed E-state index contributed by atoms with van der Waals surface area (Å²) in [5.41, 5.74) is 5.34. The number of aromatic nitrogens is 1. The summed E-state index contributed by atoms with van der Waals surface area (Å²) in [5, 5.41) is 0. The van der Waals surface area contributed by atoms with Gasteiger partial charge in [-0.2, -0.15) is 0 Å². The van der Waals surface area contributed by atoms with Crippen molar-refractivity contribution in [1.29, 1.82) is 0 Å². The SMILES string of the molecule is C=C(CCC)C(=O)c1ccc(N2CCCc3cc(C(=O)N4CCCCC4)cnc32)cc1CC. The van der Waals surface area contributed by atoms with Crippen LogP contribution in [0.3, 0.4) is 0 Å². The zero-order chi connectivity index (χ0) is 23.4. The molecule has 0 atom stereocenters. The minimum atomic E-state index is 0.0540. The lowest BCUT2D eigenvalue weighted by molar-refractivity contribution is 0.0723. The summed E-state index contributed by atoms with van der Waals surface area (Å²) in [6.07, 6.45) is 9.48. The molecule has 4 rings (SSSR count). The molecule has 1 saturated heterocycles. The number of aryl methyl sites for hydroxylation is 2. The van der Waals surface area contributed by atoms with Crippen LogP contribution < -0.4 is 4.90 Å². The number of carbonyl (C=O) groups excluding carboxylic acids is 2. The van der Waals surface area contributed by atoms with Gasteiger partial charge in [0.25, 0.3) is 5.91 Å². The first-order valence-electron chi connectivity index (χ1n) is 12.4. The zero-order valence-corrected chi connectivity index (χ0v) is 20.0. The highest BCUT2D eigenvalue weighted by molar-refractivity contribution is 6.09. The maximum absolute atomic E-state index is 13.0. The van der Waals surface area contributed by atoms with Crippen LogP contribution in [-0.2, 0) is 12.8 Å². The van der Waals surface area contributed by atoms with Crippen LogP contribution in [0.25, 0.3) is 0 Å². The molecule has 174 valence electrons. The van der Waals surface area contributed by atoms with Crippen LogP contribution in [0.4, 0.5) is 11.5 Å². The van der Waals surface area contributed by atoms with Crippen LogP contribution in [0, 0.1) is 0 Å². The topological polar surface area (TPSA) is 53.5 Å². The first-order valence-corrected chi connectivity index (χ1v) is 12.4. The molecule has 1 fully saturated rings. The number of carbonyl (C=O) groups is 2. The highest BCUT2D eigenvalue weighted by Crippen LogP contribution is 2.34. The fourth-order valence-corrected chi connectivity index (χ4v) is 4.98. The summed E-state index contributed by atoms with van der Waals surface area (Å²) in [7, 11) is 0. The molecular formula is C28H35N3O2. The van der Waals surface area contributed by atoms with Gasteiger partial charge >= 0.3 is 0 Å². The second-order valence-corrected chi connectivity index (χ2v) is 9.19. The molecule has 33 heavy (non-hydrogen) atoms. The lowest BCUT2D eigenvalue weighted by atomic mass is 9.94. The van der Waals surface area contributed by atoms with Gasteiger partial charge in [-0.15, -0.1) is 0 Å². The number of rotatable bonds is 7. The van der Waals surface area contributed by atoms with Gasteiger partial charge in [0.05, 0.1) is 5.56 Å². The van der Waals surface area contributed by atoms with Crippen LogP contribution in [-0.4, -0.2) is 41.2 Å². The minimum Gasteiger partial charge on any atom is -0.339 e. The Balaban J connectivity index is 1.60.